The first kappa shape index (κ1) is 13.9. The van der Waals surface area contributed by atoms with Gasteiger partial charge in [-0.25, -0.2) is 4.79 Å². The molecule has 0 spiro atoms. The van der Waals surface area contributed by atoms with Crippen LogP contribution in [0.5, 0.6) is 0 Å². The molecule has 2 unspecified atom stereocenters. The lowest BCUT2D eigenvalue weighted by Gasteiger charge is -2.10. The molecule has 96 valence electrons. The van der Waals surface area contributed by atoms with Crippen molar-refractivity contribution >= 4 is 16.8 Å². The SMILES string of the molecule is Cc1oc(CNC(C)CS(C)=O)cc1C(=O)O. The van der Waals surface area contributed by atoms with Gasteiger partial charge in [0.1, 0.15) is 17.1 Å². The molecule has 0 aliphatic carbocycles. The lowest BCUT2D eigenvalue weighted by Crippen LogP contribution is -2.30. The Bertz CT molecular complexity index is 427. The molecule has 0 saturated carbocycles. The lowest BCUT2D eigenvalue weighted by molar-refractivity contribution is 0.0695. The summed E-state index contributed by atoms with van der Waals surface area (Å²) in [5.41, 5.74) is 0.188. The van der Waals surface area contributed by atoms with E-state index in [9.17, 15) is 9.00 Å². The van der Waals surface area contributed by atoms with E-state index < -0.39 is 16.8 Å². The minimum absolute atomic E-state index is 0.0968. The zero-order valence-corrected chi connectivity index (χ0v) is 11.0. The summed E-state index contributed by atoms with van der Waals surface area (Å²) in [5, 5.41) is 12.0. The second-order valence-corrected chi connectivity index (χ2v) is 5.49. The minimum atomic E-state index is -0.986. The molecule has 1 rings (SSSR count). The standard InChI is InChI=1S/C11H17NO4S/c1-7(6-17(3)15)12-5-9-4-10(11(13)14)8(2)16-9/h4,7,12H,5-6H2,1-3H3,(H,13,14). The van der Waals surface area contributed by atoms with Crippen LogP contribution in [-0.4, -0.2) is 33.3 Å². The number of rotatable bonds is 6. The van der Waals surface area contributed by atoms with Crippen LogP contribution in [0.15, 0.2) is 10.5 Å². The first-order chi connectivity index (χ1) is 7.90. The van der Waals surface area contributed by atoms with E-state index in [1.807, 2.05) is 6.92 Å². The van der Waals surface area contributed by atoms with E-state index in [2.05, 4.69) is 5.32 Å². The second kappa shape index (κ2) is 5.97. The normalized spacial score (nSPS) is 14.5. The van der Waals surface area contributed by atoms with Gasteiger partial charge < -0.3 is 14.8 Å². The molecule has 0 aliphatic rings. The van der Waals surface area contributed by atoms with Crippen LogP contribution in [0.3, 0.4) is 0 Å². The molecule has 0 saturated heterocycles. The third kappa shape index (κ3) is 4.32. The summed E-state index contributed by atoms with van der Waals surface area (Å²) in [6, 6.07) is 1.61. The van der Waals surface area contributed by atoms with Crippen molar-refractivity contribution in [3.05, 3.63) is 23.2 Å². The molecule has 1 heterocycles. The van der Waals surface area contributed by atoms with Gasteiger partial charge >= 0.3 is 5.97 Å². The monoisotopic (exact) mass is 259 g/mol. The smallest absolute Gasteiger partial charge is 0.339 e. The summed E-state index contributed by atoms with van der Waals surface area (Å²) in [6.07, 6.45) is 1.65. The number of hydrogen-bond acceptors (Lipinski definition) is 4. The van der Waals surface area contributed by atoms with Gasteiger partial charge in [-0.15, -0.1) is 0 Å². The van der Waals surface area contributed by atoms with Gasteiger partial charge in [0.2, 0.25) is 0 Å². The number of carboxylic acids is 1. The van der Waals surface area contributed by atoms with E-state index in [1.54, 1.807) is 13.2 Å². The molecule has 2 atom stereocenters. The molecule has 0 aromatic carbocycles. The first-order valence-electron chi connectivity index (χ1n) is 5.26. The van der Waals surface area contributed by atoms with Crippen LogP contribution < -0.4 is 5.32 Å². The summed E-state index contributed by atoms with van der Waals surface area (Å²) in [5.74, 6) is 0.556. The van der Waals surface area contributed by atoms with Crippen LogP contribution >= 0.6 is 0 Å². The largest absolute Gasteiger partial charge is 0.478 e. The molecule has 0 radical (unpaired) electrons. The molecule has 17 heavy (non-hydrogen) atoms. The van der Waals surface area contributed by atoms with Crippen molar-refractivity contribution in [2.45, 2.75) is 26.4 Å². The maximum atomic E-state index is 11.0. The van der Waals surface area contributed by atoms with Crippen molar-refractivity contribution in [2.24, 2.45) is 0 Å². The van der Waals surface area contributed by atoms with Crippen molar-refractivity contribution < 1.29 is 18.5 Å². The van der Waals surface area contributed by atoms with E-state index >= 15 is 0 Å². The Hall–Kier alpha value is -1.14. The van der Waals surface area contributed by atoms with Gasteiger partial charge in [0.15, 0.2) is 0 Å². The number of furan rings is 1. The Labute approximate surface area is 103 Å². The van der Waals surface area contributed by atoms with E-state index in [4.69, 9.17) is 9.52 Å². The highest BCUT2D eigenvalue weighted by atomic mass is 32.2. The Kier molecular flexibility index (Phi) is 4.89. The van der Waals surface area contributed by atoms with Gasteiger partial charge in [-0.05, 0) is 19.9 Å². The number of hydrogen-bond donors (Lipinski definition) is 2. The van der Waals surface area contributed by atoms with Gasteiger partial charge in [0.05, 0.1) is 6.54 Å². The van der Waals surface area contributed by atoms with E-state index in [0.29, 0.717) is 23.8 Å². The van der Waals surface area contributed by atoms with Crippen LogP contribution in [0.25, 0.3) is 0 Å². The molecule has 0 bridgehead atoms. The summed E-state index contributed by atoms with van der Waals surface area (Å²) < 4.78 is 16.3. The number of carbonyl (C=O) groups is 1. The summed E-state index contributed by atoms with van der Waals surface area (Å²) in [4.78, 5) is 10.8. The second-order valence-electron chi connectivity index (χ2n) is 4.01. The molecule has 0 aliphatic heterocycles. The average Bonchev–Trinajstić information content (AvgIpc) is 2.56. The predicted octanol–water partition coefficient (Wildman–Crippen LogP) is 1.14. The quantitative estimate of drug-likeness (QED) is 0.801. The average molecular weight is 259 g/mol. The zero-order chi connectivity index (χ0) is 13.0. The summed E-state index contributed by atoms with van der Waals surface area (Å²) in [7, 11) is -0.847. The fraction of sp³-hybridized carbons (Fsp3) is 0.545. The highest BCUT2D eigenvalue weighted by Gasteiger charge is 2.14. The van der Waals surface area contributed by atoms with Gasteiger partial charge in [0, 0.05) is 28.9 Å². The molecule has 0 amide bonds. The number of aromatic carboxylic acids is 1. The molecule has 1 aromatic heterocycles. The van der Waals surface area contributed by atoms with Gasteiger partial charge in [-0.2, -0.15) is 0 Å². The molecule has 2 N–H and O–H groups in total. The van der Waals surface area contributed by atoms with Crippen LogP contribution in [-0.2, 0) is 17.3 Å². The van der Waals surface area contributed by atoms with Gasteiger partial charge in [-0.3, -0.25) is 4.21 Å². The summed E-state index contributed by atoms with van der Waals surface area (Å²) in [6.45, 7) is 3.99. The molecule has 5 nitrogen and oxygen atoms in total. The lowest BCUT2D eigenvalue weighted by atomic mass is 10.2. The van der Waals surface area contributed by atoms with Crippen LogP contribution in [0.1, 0.15) is 28.8 Å². The summed E-state index contributed by atoms with van der Waals surface area (Å²) >= 11 is 0. The van der Waals surface area contributed by atoms with Crippen molar-refractivity contribution in [2.75, 3.05) is 12.0 Å². The molecular formula is C11H17NO4S. The van der Waals surface area contributed by atoms with Crippen molar-refractivity contribution in [1.29, 1.82) is 0 Å². The van der Waals surface area contributed by atoms with E-state index in [0.717, 1.165) is 0 Å². The Morgan fingerprint density at radius 1 is 1.65 bits per heavy atom. The van der Waals surface area contributed by atoms with Crippen molar-refractivity contribution in [3.8, 4) is 0 Å². The topological polar surface area (TPSA) is 79.5 Å². The fourth-order valence-electron chi connectivity index (χ4n) is 1.53. The van der Waals surface area contributed by atoms with E-state index in [1.165, 1.54) is 6.07 Å². The fourth-order valence-corrected chi connectivity index (χ4v) is 2.35. The van der Waals surface area contributed by atoms with Gasteiger partial charge in [-0.1, -0.05) is 0 Å². The molecule has 1 aromatic rings. The van der Waals surface area contributed by atoms with Gasteiger partial charge in [0.25, 0.3) is 0 Å². The Balaban J connectivity index is 2.55. The Morgan fingerprint density at radius 2 is 2.29 bits per heavy atom. The van der Waals surface area contributed by atoms with E-state index in [-0.39, 0.29) is 11.6 Å². The van der Waals surface area contributed by atoms with Crippen LogP contribution in [0, 0.1) is 6.92 Å². The van der Waals surface area contributed by atoms with Crippen molar-refractivity contribution in [1.82, 2.24) is 5.32 Å². The van der Waals surface area contributed by atoms with Crippen LogP contribution in [0.4, 0.5) is 0 Å². The minimum Gasteiger partial charge on any atom is -0.478 e. The molecular weight excluding hydrogens is 242 g/mol. The number of carboxylic acid groups (broad SMARTS) is 1. The van der Waals surface area contributed by atoms with Crippen LogP contribution in [0.2, 0.25) is 0 Å². The van der Waals surface area contributed by atoms with Crippen molar-refractivity contribution in [3.63, 3.8) is 0 Å². The first-order valence-corrected chi connectivity index (χ1v) is 6.99. The molecule has 0 fully saturated rings. The highest BCUT2D eigenvalue weighted by molar-refractivity contribution is 7.84. The maximum Gasteiger partial charge on any atom is 0.339 e. The third-order valence-corrected chi connectivity index (χ3v) is 3.28. The zero-order valence-electron chi connectivity index (χ0n) is 10.1. The predicted molar refractivity (Wildman–Crippen MR) is 65.6 cm³/mol. The highest BCUT2D eigenvalue weighted by Crippen LogP contribution is 2.14. The number of aryl methyl sites for hydroxylation is 1. The molecule has 6 heteroatoms. The third-order valence-electron chi connectivity index (χ3n) is 2.31. The maximum absolute atomic E-state index is 11.0. The number of nitrogens with one attached hydrogen (secondary N) is 1. The Morgan fingerprint density at radius 3 is 2.76 bits per heavy atom.